The van der Waals surface area contributed by atoms with E-state index in [2.05, 4.69) is 4.98 Å². The Balaban J connectivity index is 2.86. The molecule has 13 heavy (non-hydrogen) atoms. The van der Waals surface area contributed by atoms with E-state index in [1.807, 2.05) is 18.2 Å². The number of fused-ring (bicyclic) bond motifs is 1. The molecule has 62 valence electrons. The molecular weight excluding hydrogens is 184 g/mol. The fraction of sp³-hybridized carbons (Fsp3) is 0. The van der Waals surface area contributed by atoms with Crippen LogP contribution in [-0.2, 0) is 0 Å². The van der Waals surface area contributed by atoms with Gasteiger partial charge in [0.05, 0.1) is 22.2 Å². The summed E-state index contributed by atoms with van der Waals surface area (Å²) in [6, 6.07) is 9.10. The zero-order chi connectivity index (χ0) is 9.26. The van der Waals surface area contributed by atoms with Crippen LogP contribution in [0.15, 0.2) is 30.5 Å². The van der Waals surface area contributed by atoms with Crippen molar-refractivity contribution in [2.24, 2.45) is 0 Å². The van der Waals surface area contributed by atoms with Crippen molar-refractivity contribution in [1.82, 2.24) is 4.98 Å². The van der Waals surface area contributed by atoms with Gasteiger partial charge in [0.15, 0.2) is 0 Å². The topological polar surface area (TPSA) is 36.7 Å². The first-order valence-electron chi connectivity index (χ1n) is 3.75. The van der Waals surface area contributed by atoms with E-state index < -0.39 is 0 Å². The van der Waals surface area contributed by atoms with Gasteiger partial charge >= 0.3 is 0 Å². The van der Waals surface area contributed by atoms with E-state index in [1.54, 1.807) is 18.3 Å². The Morgan fingerprint density at radius 3 is 3.00 bits per heavy atom. The van der Waals surface area contributed by atoms with Crippen LogP contribution in [0.2, 0.25) is 5.02 Å². The van der Waals surface area contributed by atoms with E-state index >= 15 is 0 Å². The van der Waals surface area contributed by atoms with Crippen LogP contribution in [0.25, 0.3) is 10.9 Å². The molecule has 2 rings (SSSR count). The Hall–Kier alpha value is -1.59. The quantitative estimate of drug-likeness (QED) is 0.638. The third-order valence-electron chi connectivity index (χ3n) is 1.80. The number of hydrogen-bond acceptors (Lipinski definition) is 2. The molecule has 0 N–H and O–H groups in total. The highest BCUT2D eigenvalue weighted by molar-refractivity contribution is 6.35. The van der Waals surface area contributed by atoms with Crippen LogP contribution < -0.4 is 0 Å². The second-order valence-electron chi connectivity index (χ2n) is 2.64. The lowest BCUT2D eigenvalue weighted by Gasteiger charge is -1.98. The second kappa shape index (κ2) is 3.04. The van der Waals surface area contributed by atoms with Gasteiger partial charge in [0, 0.05) is 11.6 Å². The van der Waals surface area contributed by atoms with Crippen molar-refractivity contribution in [3.05, 3.63) is 41.0 Å². The minimum atomic E-state index is 0.538. The van der Waals surface area contributed by atoms with Crippen molar-refractivity contribution in [3.63, 3.8) is 0 Å². The summed E-state index contributed by atoms with van der Waals surface area (Å²) < 4.78 is 0. The molecule has 1 aromatic carbocycles. The Kier molecular flexibility index (Phi) is 1.88. The Morgan fingerprint density at radius 2 is 2.23 bits per heavy atom. The SMILES string of the molecule is N#Cc1cc(Cl)c2cccnc2c1. The highest BCUT2D eigenvalue weighted by Gasteiger charge is 2.01. The lowest BCUT2D eigenvalue weighted by molar-refractivity contribution is 1.40. The van der Waals surface area contributed by atoms with E-state index in [9.17, 15) is 0 Å². The van der Waals surface area contributed by atoms with E-state index in [0.29, 0.717) is 10.6 Å². The molecule has 0 saturated heterocycles. The minimum absolute atomic E-state index is 0.538. The highest BCUT2D eigenvalue weighted by Crippen LogP contribution is 2.23. The predicted molar refractivity (Wildman–Crippen MR) is 51.5 cm³/mol. The van der Waals surface area contributed by atoms with Gasteiger partial charge in [0.1, 0.15) is 0 Å². The average Bonchev–Trinajstić information content (AvgIpc) is 2.18. The van der Waals surface area contributed by atoms with Gasteiger partial charge in [-0.1, -0.05) is 11.6 Å². The van der Waals surface area contributed by atoms with E-state index in [0.717, 1.165) is 10.9 Å². The largest absolute Gasteiger partial charge is 0.256 e. The van der Waals surface area contributed by atoms with Crippen LogP contribution in [0, 0.1) is 11.3 Å². The lowest BCUT2D eigenvalue weighted by atomic mass is 10.1. The van der Waals surface area contributed by atoms with Crippen molar-refractivity contribution in [2.45, 2.75) is 0 Å². The molecule has 1 heterocycles. The molecule has 3 heteroatoms. The summed E-state index contributed by atoms with van der Waals surface area (Å²) in [7, 11) is 0. The van der Waals surface area contributed by atoms with E-state index in [1.165, 1.54) is 0 Å². The van der Waals surface area contributed by atoms with Gasteiger partial charge in [-0.05, 0) is 24.3 Å². The smallest absolute Gasteiger partial charge is 0.0992 e. The molecule has 0 aliphatic carbocycles. The summed E-state index contributed by atoms with van der Waals surface area (Å²) in [5.74, 6) is 0. The van der Waals surface area contributed by atoms with Crippen molar-refractivity contribution in [2.75, 3.05) is 0 Å². The summed E-state index contributed by atoms with van der Waals surface area (Å²) in [6.07, 6.45) is 1.68. The molecule has 1 aromatic heterocycles. The first kappa shape index (κ1) is 8.03. The van der Waals surface area contributed by atoms with E-state index in [4.69, 9.17) is 16.9 Å². The second-order valence-corrected chi connectivity index (χ2v) is 3.05. The summed E-state index contributed by atoms with van der Waals surface area (Å²) in [4.78, 5) is 4.12. The lowest BCUT2D eigenvalue weighted by Crippen LogP contribution is -1.81. The molecule has 2 nitrogen and oxygen atoms in total. The molecule has 0 amide bonds. The molecule has 0 aliphatic rings. The van der Waals surface area contributed by atoms with Crippen LogP contribution in [-0.4, -0.2) is 4.98 Å². The molecule has 0 fully saturated rings. The van der Waals surface area contributed by atoms with Crippen LogP contribution in [0.3, 0.4) is 0 Å². The van der Waals surface area contributed by atoms with Gasteiger partial charge in [0.2, 0.25) is 0 Å². The van der Waals surface area contributed by atoms with Gasteiger partial charge in [-0.3, -0.25) is 4.98 Å². The zero-order valence-corrected chi connectivity index (χ0v) is 7.42. The molecule has 0 unspecified atom stereocenters. The average molecular weight is 189 g/mol. The molecule has 0 spiro atoms. The van der Waals surface area contributed by atoms with Crippen LogP contribution in [0.4, 0.5) is 0 Å². The number of rotatable bonds is 0. The molecule has 0 atom stereocenters. The van der Waals surface area contributed by atoms with Gasteiger partial charge < -0.3 is 0 Å². The first-order chi connectivity index (χ1) is 6.31. The number of nitriles is 1. The fourth-order valence-corrected chi connectivity index (χ4v) is 1.48. The summed E-state index contributed by atoms with van der Waals surface area (Å²) in [5, 5.41) is 10.1. The van der Waals surface area contributed by atoms with Gasteiger partial charge in [-0.15, -0.1) is 0 Å². The highest BCUT2D eigenvalue weighted by atomic mass is 35.5. The van der Waals surface area contributed by atoms with Crippen LogP contribution in [0.5, 0.6) is 0 Å². The Morgan fingerprint density at radius 1 is 1.38 bits per heavy atom. The number of benzene rings is 1. The third kappa shape index (κ3) is 1.34. The number of halogens is 1. The molecule has 0 aliphatic heterocycles. The molecule has 2 aromatic rings. The van der Waals surface area contributed by atoms with Gasteiger partial charge in [-0.25, -0.2) is 0 Å². The number of nitrogens with zero attached hydrogens (tertiary/aromatic N) is 2. The van der Waals surface area contributed by atoms with E-state index in [-0.39, 0.29) is 0 Å². The van der Waals surface area contributed by atoms with Crippen LogP contribution in [0.1, 0.15) is 5.56 Å². The molecule has 0 saturated carbocycles. The maximum atomic E-state index is 8.69. The zero-order valence-electron chi connectivity index (χ0n) is 6.66. The number of aromatic nitrogens is 1. The molecular formula is C10H5ClN2. The Labute approximate surface area is 80.4 Å². The third-order valence-corrected chi connectivity index (χ3v) is 2.11. The normalized spacial score (nSPS) is 9.85. The standard InChI is InChI=1S/C10H5ClN2/c11-9-4-7(6-12)5-10-8(9)2-1-3-13-10/h1-5H. The van der Waals surface area contributed by atoms with Crippen molar-refractivity contribution < 1.29 is 0 Å². The first-order valence-corrected chi connectivity index (χ1v) is 4.13. The minimum Gasteiger partial charge on any atom is -0.256 e. The van der Waals surface area contributed by atoms with Gasteiger partial charge in [-0.2, -0.15) is 5.26 Å². The summed E-state index contributed by atoms with van der Waals surface area (Å²) >= 11 is 5.95. The fourth-order valence-electron chi connectivity index (χ4n) is 1.20. The predicted octanol–water partition coefficient (Wildman–Crippen LogP) is 2.76. The Bertz CT molecular complexity index is 500. The van der Waals surface area contributed by atoms with Crippen molar-refractivity contribution in [3.8, 4) is 6.07 Å². The monoisotopic (exact) mass is 188 g/mol. The maximum Gasteiger partial charge on any atom is 0.0992 e. The summed E-state index contributed by atoms with van der Waals surface area (Å²) in [5.41, 5.74) is 1.29. The number of pyridine rings is 1. The van der Waals surface area contributed by atoms with Gasteiger partial charge in [0.25, 0.3) is 0 Å². The number of hydrogen-bond donors (Lipinski definition) is 0. The molecule has 0 bridgehead atoms. The van der Waals surface area contributed by atoms with Crippen LogP contribution >= 0.6 is 11.6 Å². The summed E-state index contributed by atoms with van der Waals surface area (Å²) in [6.45, 7) is 0. The maximum absolute atomic E-state index is 8.69. The van der Waals surface area contributed by atoms with Crippen molar-refractivity contribution >= 4 is 22.5 Å². The van der Waals surface area contributed by atoms with Crippen molar-refractivity contribution in [1.29, 1.82) is 5.26 Å². The molecule has 0 radical (unpaired) electrons.